The summed E-state index contributed by atoms with van der Waals surface area (Å²) in [7, 11) is 1.38. The molecule has 1 atom stereocenters. The number of halogens is 3. The second-order valence-corrected chi connectivity index (χ2v) is 4.62. The molecule has 0 saturated carbocycles. The molecule has 1 aromatic rings. The number of alkyl halides is 3. The molecular weight excluding hydrogens is 259 g/mol. The van der Waals surface area contributed by atoms with Crippen LogP contribution in [0.3, 0.4) is 0 Å². The lowest BCUT2D eigenvalue weighted by molar-refractivity contribution is -0.138. The number of hydrogen-bond donors (Lipinski definition) is 0. The molecule has 2 amide bonds. The van der Waals surface area contributed by atoms with Gasteiger partial charge in [0.25, 0.3) is 0 Å². The molecule has 0 aliphatic carbocycles. The molecule has 0 spiro atoms. The highest BCUT2D eigenvalue weighted by atomic mass is 19.4. The van der Waals surface area contributed by atoms with Crippen molar-refractivity contribution in [3.63, 3.8) is 0 Å². The number of hydrogen-bond acceptors (Lipinski definition) is 2. The van der Waals surface area contributed by atoms with Crippen molar-refractivity contribution in [1.29, 1.82) is 0 Å². The van der Waals surface area contributed by atoms with E-state index in [0.717, 1.165) is 17.0 Å². The summed E-state index contributed by atoms with van der Waals surface area (Å²) >= 11 is 0. The second kappa shape index (κ2) is 4.36. The van der Waals surface area contributed by atoms with E-state index in [1.54, 1.807) is 0 Å². The number of carbonyl (C=O) groups is 2. The van der Waals surface area contributed by atoms with Gasteiger partial charge in [0.2, 0.25) is 11.8 Å². The zero-order valence-electron chi connectivity index (χ0n) is 10.4. The van der Waals surface area contributed by atoms with Crippen LogP contribution in [0, 0.1) is 6.92 Å². The third-order valence-corrected chi connectivity index (χ3v) is 3.35. The van der Waals surface area contributed by atoms with Gasteiger partial charge in [-0.2, -0.15) is 13.2 Å². The minimum absolute atomic E-state index is 0.0154. The van der Waals surface area contributed by atoms with Gasteiger partial charge in [-0.25, -0.2) is 0 Å². The third-order valence-electron chi connectivity index (χ3n) is 3.35. The molecule has 1 saturated heterocycles. The van der Waals surface area contributed by atoms with Gasteiger partial charge in [-0.15, -0.1) is 0 Å². The number of nitrogens with zero attached hydrogens (tertiary/aromatic N) is 1. The van der Waals surface area contributed by atoms with E-state index in [4.69, 9.17) is 0 Å². The Morgan fingerprint density at radius 2 is 1.89 bits per heavy atom. The maximum Gasteiger partial charge on any atom is 0.416 e. The number of imide groups is 1. The normalized spacial score (nSPS) is 20.3. The monoisotopic (exact) mass is 271 g/mol. The van der Waals surface area contributed by atoms with Crippen LogP contribution in [0.4, 0.5) is 13.2 Å². The summed E-state index contributed by atoms with van der Waals surface area (Å²) in [6.07, 6.45) is -4.39. The first kappa shape index (κ1) is 13.6. The summed E-state index contributed by atoms with van der Waals surface area (Å²) < 4.78 is 37.6. The topological polar surface area (TPSA) is 37.4 Å². The summed E-state index contributed by atoms with van der Waals surface area (Å²) in [6, 6.07) is 3.23. The minimum atomic E-state index is -4.41. The Labute approximate surface area is 108 Å². The summed E-state index contributed by atoms with van der Waals surface area (Å²) in [5.74, 6) is -1.35. The van der Waals surface area contributed by atoms with Crippen LogP contribution in [0.25, 0.3) is 0 Å². The Morgan fingerprint density at radius 3 is 2.32 bits per heavy atom. The van der Waals surface area contributed by atoms with Gasteiger partial charge in [0, 0.05) is 13.5 Å². The largest absolute Gasteiger partial charge is 0.416 e. The van der Waals surface area contributed by atoms with Crippen molar-refractivity contribution < 1.29 is 22.8 Å². The van der Waals surface area contributed by atoms with Crippen LogP contribution in [0.15, 0.2) is 18.2 Å². The first-order valence-corrected chi connectivity index (χ1v) is 5.70. The molecule has 1 heterocycles. The second-order valence-electron chi connectivity index (χ2n) is 4.62. The molecule has 1 unspecified atom stereocenters. The first-order chi connectivity index (χ1) is 8.71. The number of carbonyl (C=O) groups excluding carboxylic acids is 2. The van der Waals surface area contributed by atoms with Crippen molar-refractivity contribution in [3.05, 3.63) is 34.9 Å². The number of amides is 2. The van der Waals surface area contributed by atoms with Crippen molar-refractivity contribution in [2.45, 2.75) is 25.4 Å². The van der Waals surface area contributed by atoms with Crippen LogP contribution in [0.2, 0.25) is 0 Å². The maximum atomic E-state index is 12.5. The number of benzene rings is 1. The van der Waals surface area contributed by atoms with Gasteiger partial charge in [0.1, 0.15) is 0 Å². The van der Waals surface area contributed by atoms with E-state index in [-0.39, 0.29) is 18.2 Å². The molecule has 0 aromatic heterocycles. The van der Waals surface area contributed by atoms with Gasteiger partial charge in [-0.1, -0.05) is 6.07 Å². The number of likely N-dealkylation sites (N-methyl/N-ethyl adjacent to an activating group) is 1. The summed E-state index contributed by atoms with van der Waals surface area (Å²) in [6.45, 7) is 1.51. The van der Waals surface area contributed by atoms with Crippen molar-refractivity contribution in [2.75, 3.05) is 7.05 Å². The lowest BCUT2D eigenvalue weighted by atomic mass is 9.92. The Hall–Kier alpha value is -1.85. The van der Waals surface area contributed by atoms with Crippen LogP contribution in [-0.4, -0.2) is 23.8 Å². The lowest BCUT2D eigenvalue weighted by Crippen LogP contribution is -2.25. The van der Waals surface area contributed by atoms with Crippen molar-refractivity contribution in [2.24, 2.45) is 0 Å². The van der Waals surface area contributed by atoms with E-state index in [0.29, 0.717) is 11.1 Å². The Kier molecular flexibility index (Phi) is 3.12. The molecule has 0 bridgehead atoms. The first-order valence-electron chi connectivity index (χ1n) is 5.70. The van der Waals surface area contributed by atoms with Crippen molar-refractivity contribution in [1.82, 2.24) is 4.90 Å². The van der Waals surface area contributed by atoms with Crippen LogP contribution in [0.5, 0.6) is 0 Å². The third kappa shape index (κ3) is 2.34. The predicted molar refractivity (Wildman–Crippen MR) is 61.3 cm³/mol. The van der Waals surface area contributed by atoms with E-state index < -0.39 is 17.7 Å². The molecule has 1 aromatic carbocycles. The van der Waals surface area contributed by atoms with E-state index in [9.17, 15) is 22.8 Å². The molecule has 3 nitrogen and oxygen atoms in total. The maximum absolute atomic E-state index is 12.5. The van der Waals surface area contributed by atoms with E-state index >= 15 is 0 Å². The zero-order valence-corrected chi connectivity index (χ0v) is 10.4. The predicted octanol–water partition coefficient (Wildman–Crippen LogP) is 2.49. The summed E-state index contributed by atoms with van der Waals surface area (Å²) in [5, 5.41) is 0. The molecule has 0 radical (unpaired) electrons. The number of aryl methyl sites for hydroxylation is 1. The van der Waals surface area contributed by atoms with Crippen LogP contribution < -0.4 is 0 Å². The van der Waals surface area contributed by atoms with E-state index in [1.807, 2.05) is 0 Å². The molecule has 1 aliphatic heterocycles. The Bertz CT molecular complexity index is 551. The van der Waals surface area contributed by atoms with Crippen LogP contribution in [0.1, 0.15) is 29.0 Å². The van der Waals surface area contributed by atoms with Crippen molar-refractivity contribution >= 4 is 11.8 Å². The fraction of sp³-hybridized carbons (Fsp3) is 0.385. The molecule has 6 heteroatoms. The molecule has 2 rings (SSSR count). The molecular formula is C13H12F3NO2. The van der Waals surface area contributed by atoms with Gasteiger partial charge in [-0.05, 0) is 30.2 Å². The fourth-order valence-electron chi connectivity index (χ4n) is 2.24. The summed E-state index contributed by atoms with van der Waals surface area (Å²) in [4.78, 5) is 24.3. The van der Waals surface area contributed by atoms with Crippen LogP contribution in [-0.2, 0) is 15.8 Å². The molecule has 102 valence electrons. The quantitative estimate of drug-likeness (QED) is 0.736. The molecule has 1 aliphatic rings. The average molecular weight is 271 g/mol. The Morgan fingerprint density at radius 1 is 1.26 bits per heavy atom. The fourth-order valence-corrected chi connectivity index (χ4v) is 2.24. The molecule has 0 N–H and O–H groups in total. The van der Waals surface area contributed by atoms with E-state index in [2.05, 4.69) is 0 Å². The highest BCUT2D eigenvalue weighted by Crippen LogP contribution is 2.35. The lowest BCUT2D eigenvalue weighted by Gasteiger charge is -2.14. The standard InChI is InChI=1S/C13H12F3NO2/c1-7-5-8(13(14,15)16)3-4-9(7)10-6-11(18)17(2)12(10)19/h3-5,10H,6H2,1-2H3. The van der Waals surface area contributed by atoms with Gasteiger partial charge in [0.05, 0.1) is 11.5 Å². The highest BCUT2D eigenvalue weighted by Gasteiger charge is 2.38. The number of likely N-dealkylation sites (tertiary alicyclic amines) is 1. The minimum Gasteiger partial charge on any atom is -0.285 e. The van der Waals surface area contributed by atoms with Gasteiger partial charge < -0.3 is 0 Å². The highest BCUT2D eigenvalue weighted by molar-refractivity contribution is 6.06. The van der Waals surface area contributed by atoms with Gasteiger partial charge >= 0.3 is 6.18 Å². The summed E-state index contributed by atoms with van der Waals surface area (Å²) in [5.41, 5.74) is 0.103. The molecule has 19 heavy (non-hydrogen) atoms. The van der Waals surface area contributed by atoms with E-state index in [1.165, 1.54) is 20.0 Å². The van der Waals surface area contributed by atoms with Gasteiger partial charge in [0.15, 0.2) is 0 Å². The van der Waals surface area contributed by atoms with Gasteiger partial charge in [-0.3, -0.25) is 14.5 Å². The Balaban J connectivity index is 2.38. The number of rotatable bonds is 1. The smallest absolute Gasteiger partial charge is 0.285 e. The molecule has 1 fully saturated rings. The SMILES string of the molecule is Cc1cc(C(F)(F)F)ccc1C1CC(=O)N(C)C1=O. The zero-order chi connectivity index (χ0) is 14.4. The van der Waals surface area contributed by atoms with Crippen molar-refractivity contribution in [3.8, 4) is 0 Å². The average Bonchev–Trinajstić information content (AvgIpc) is 2.56. The van der Waals surface area contributed by atoms with Crippen LogP contribution >= 0.6 is 0 Å².